The maximum atomic E-state index is 9.51. The molecule has 0 bridgehead atoms. The zero-order chi connectivity index (χ0) is 14.3. The highest BCUT2D eigenvalue weighted by atomic mass is 16.5. The first-order chi connectivity index (χ1) is 9.06. The molecule has 0 fully saturated rings. The zero-order valence-electron chi connectivity index (χ0n) is 11.4. The molecule has 0 saturated heterocycles. The van der Waals surface area contributed by atoms with Gasteiger partial charge in [0.05, 0.1) is 12.7 Å². The number of nitrogens with one attached hydrogen (secondary N) is 2. The van der Waals surface area contributed by atoms with E-state index in [1.54, 1.807) is 12.0 Å². The smallest absolute Gasteiger partial charge is 0.243 e. The quantitative estimate of drug-likeness (QED) is 0.349. The minimum absolute atomic E-state index is 0.277. The molecule has 0 aromatic carbocycles. The maximum Gasteiger partial charge on any atom is 0.243 e. The van der Waals surface area contributed by atoms with E-state index in [1.165, 1.54) is 0 Å². The summed E-state index contributed by atoms with van der Waals surface area (Å²) in [5.41, 5.74) is 2.38. The highest BCUT2D eigenvalue weighted by Crippen LogP contribution is 2.10. The molecule has 1 atom stereocenters. The SMILES string of the molecule is COCC(O)CCNc1nc(NN)nc(N(C)C)n1. The number of aliphatic hydroxyl groups excluding tert-OH is 1. The third kappa shape index (κ3) is 5.20. The Morgan fingerprint density at radius 1 is 1.32 bits per heavy atom. The number of anilines is 3. The van der Waals surface area contributed by atoms with Crippen molar-refractivity contribution in [1.82, 2.24) is 15.0 Å². The van der Waals surface area contributed by atoms with E-state index in [9.17, 15) is 5.11 Å². The second kappa shape index (κ2) is 7.67. The molecule has 0 amide bonds. The van der Waals surface area contributed by atoms with E-state index < -0.39 is 6.10 Å². The van der Waals surface area contributed by atoms with Gasteiger partial charge in [-0.1, -0.05) is 0 Å². The molecule has 9 heteroatoms. The summed E-state index contributed by atoms with van der Waals surface area (Å²) in [6, 6.07) is 0. The Morgan fingerprint density at radius 3 is 2.58 bits per heavy atom. The first kappa shape index (κ1) is 15.3. The molecule has 1 rings (SSSR count). The van der Waals surface area contributed by atoms with Crippen LogP contribution in [0.4, 0.5) is 17.8 Å². The fraction of sp³-hybridized carbons (Fsp3) is 0.700. The summed E-state index contributed by atoms with van der Waals surface area (Å²) < 4.78 is 4.84. The molecule has 1 aromatic heterocycles. The van der Waals surface area contributed by atoms with Crippen molar-refractivity contribution in [2.75, 3.05) is 50.0 Å². The fourth-order valence-electron chi connectivity index (χ4n) is 1.33. The van der Waals surface area contributed by atoms with Gasteiger partial charge in [0.15, 0.2) is 0 Å². The third-order valence-electron chi connectivity index (χ3n) is 2.27. The molecule has 5 N–H and O–H groups in total. The summed E-state index contributed by atoms with van der Waals surface area (Å²) in [7, 11) is 5.19. The number of nitrogens with two attached hydrogens (primary N) is 1. The Hall–Kier alpha value is -1.71. The lowest BCUT2D eigenvalue weighted by Gasteiger charge is -2.14. The van der Waals surface area contributed by atoms with Crippen LogP contribution in [0.25, 0.3) is 0 Å². The molecule has 0 aliphatic heterocycles. The number of methoxy groups -OCH3 is 1. The minimum Gasteiger partial charge on any atom is -0.391 e. The van der Waals surface area contributed by atoms with Crippen LogP contribution in [0.3, 0.4) is 0 Å². The number of aliphatic hydroxyl groups is 1. The molecular formula is C10H21N7O2. The van der Waals surface area contributed by atoms with E-state index in [0.717, 1.165) is 0 Å². The van der Waals surface area contributed by atoms with Crippen molar-refractivity contribution >= 4 is 17.8 Å². The largest absolute Gasteiger partial charge is 0.391 e. The number of ether oxygens (including phenoxy) is 1. The molecule has 1 unspecified atom stereocenters. The van der Waals surface area contributed by atoms with Crippen molar-refractivity contribution in [2.24, 2.45) is 5.84 Å². The Kier molecular flexibility index (Phi) is 6.19. The van der Waals surface area contributed by atoms with Crippen molar-refractivity contribution in [3.8, 4) is 0 Å². The van der Waals surface area contributed by atoms with Crippen LogP contribution >= 0.6 is 0 Å². The molecule has 0 aliphatic carbocycles. The van der Waals surface area contributed by atoms with Gasteiger partial charge < -0.3 is 20.1 Å². The summed E-state index contributed by atoms with van der Waals surface area (Å²) in [5.74, 6) is 6.46. The van der Waals surface area contributed by atoms with Crippen molar-refractivity contribution in [3.63, 3.8) is 0 Å². The summed E-state index contributed by atoms with van der Waals surface area (Å²) >= 11 is 0. The van der Waals surface area contributed by atoms with Crippen LogP contribution in [0, 0.1) is 0 Å². The number of hydrazine groups is 1. The monoisotopic (exact) mass is 271 g/mol. The van der Waals surface area contributed by atoms with Gasteiger partial charge in [-0.25, -0.2) is 5.84 Å². The Bertz CT molecular complexity index is 388. The average molecular weight is 271 g/mol. The topological polar surface area (TPSA) is 121 Å². The number of aromatic nitrogens is 3. The van der Waals surface area contributed by atoms with Gasteiger partial charge in [-0.3, -0.25) is 5.43 Å². The van der Waals surface area contributed by atoms with Crippen molar-refractivity contribution in [2.45, 2.75) is 12.5 Å². The van der Waals surface area contributed by atoms with Crippen LogP contribution in [0.5, 0.6) is 0 Å². The molecule has 9 nitrogen and oxygen atoms in total. The van der Waals surface area contributed by atoms with E-state index in [0.29, 0.717) is 31.5 Å². The number of hydrogen-bond acceptors (Lipinski definition) is 9. The van der Waals surface area contributed by atoms with Crippen molar-refractivity contribution < 1.29 is 9.84 Å². The number of rotatable bonds is 8. The molecule has 0 saturated carbocycles. The predicted molar refractivity (Wildman–Crippen MR) is 73.0 cm³/mol. The minimum atomic E-state index is -0.514. The molecule has 1 aromatic rings. The van der Waals surface area contributed by atoms with Crippen molar-refractivity contribution in [3.05, 3.63) is 0 Å². The van der Waals surface area contributed by atoms with Crippen LogP contribution in [-0.4, -0.2) is 60.5 Å². The van der Waals surface area contributed by atoms with Gasteiger partial charge in [-0.15, -0.1) is 0 Å². The first-order valence-electron chi connectivity index (χ1n) is 5.87. The van der Waals surface area contributed by atoms with Gasteiger partial charge in [0.2, 0.25) is 17.8 Å². The molecular weight excluding hydrogens is 250 g/mol. The Labute approximate surface area is 112 Å². The van der Waals surface area contributed by atoms with Crippen LogP contribution in [0.15, 0.2) is 0 Å². The Morgan fingerprint density at radius 2 is 2.00 bits per heavy atom. The van der Waals surface area contributed by atoms with Gasteiger partial charge in [0, 0.05) is 27.7 Å². The second-order valence-corrected chi connectivity index (χ2v) is 4.15. The van der Waals surface area contributed by atoms with Crippen LogP contribution in [-0.2, 0) is 4.74 Å². The van der Waals surface area contributed by atoms with Gasteiger partial charge in [-0.2, -0.15) is 15.0 Å². The predicted octanol–water partition coefficient (Wildman–Crippen LogP) is -0.967. The van der Waals surface area contributed by atoms with E-state index in [1.807, 2.05) is 14.1 Å². The van der Waals surface area contributed by atoms with Gasteiger partial charge in [0.25, 0.3) is 0 Å². The summed E-state index contributed by atoms with van der Waals surface area (Å²) in [6.07, 6.45) is 0.0159. The van der Waals surface area contributed by atoms with Crippen LogP contribution < -0.4 is 21.5 Å². The Balaban J connectivity index is 2.59. The standard InChI is InChI=1S/C10H21N7O2/c1-17(2)10-14-8(13-9(15-10)16-11)12-5-4-7(18)6-19-3/h7,18H,4-6,11H2,1-3H3,(H2,12,13,14,15,16). The number of nitrogen functional groups attached to an aromatic ring is 1. The van der Waals surface area contributed by atoms with E-state index in [-0.39, 0.29) is 5.95 Å². The highest BCUT2D eigenvalue weighted by Gasteiger charge is 2.08. The molecule has 0 aliphatic rings. The van der Waals surface area contributed by atoms with Gasteiger partial charge in [0.1, 0.15) is 0 Å². The van der Waals surface area contributed by atoms with Gasteiger partial charge >= 0.3 is 0 Å². The van der Waals surface area contributed by atoms with E-state index in [4.69, 9.17) is 10.6 Å². The van der Waals surface area contributed by atoms with Gasteiger partial charge in [-0.05, 0) is 6.42 Å². The van der Waals surface area contributed by atoms with E-state index in [2.05, 4.69) is 25.7 Å². The number of nitrogens with zero attached hydrogens (tertiary/aromatic N) is 4. The summed E-state index contributed by atoms with van der Waals surface area (Å²) in [5, 5.41) is 12.5. The zero-order valence-corrected chi connectivity index (χ0v) is 11.4. The molecule has 108 valence electrons. The lowest BCUT2D eigenvalue weighted by Crippen LogP contribution is -2.21. The third-order valence-corrected chi connectivity index (χ3v) is 2.27. The molecule has 19 heavy (non-hydrogen) atoms. The molecule has 1 heterocycles. The molecule has 0 radical (unpaired) electrons. The van der Waals surface area contributed by atoms with Crippen molar-refractivity contribution in [1.29, 1.82) is 0 Å². The molecule has 0 spiro atoms. The lowest BCUT2D eigenvalue weighted by atomic mass is 10.3. The highest BCUT2D eigenvalue weighted by molar-refractivity contribution is 5.42. The van der Waals surface area contributed by atoms with E-state index >= 15 is 0 Å². The van der Waals surface area contributed by atoms with Crippen LogP contribution in [0.1, 0.15) is 6.42 Å². The number of hydrogen-bond donors (Lipinski definition) is 4. The fourth-order valence-corrected chi connectivity index (χ4v) is 1.33. The average Bonchev–Trinajstić information content (AvgIpc) is 2.38. The summed E-state index contributed by atoms with van der Waals surface area (Å²) in [6.45, 7) is 0.822. The maximum absolute atomic E-state index is 9.51. The van der Waals surface area contributed by atoms with Crippen LogP contribution in [0.2, 0.25) is 0 Å². The normalized spacial score (nSPS) is 12.1. The first-order valence-corrected chi connectivity index (χ1v) is 5.87. The lowest BCUT2D eigenvalue weighted by molar-refractivity contribution is 0.0615. The second-order valence-electron chi connectivity index (χ2n) is 4.15. The summed E-state index contributed by atoms with van der Waals surface area (Å²) in [4.78, 5) is 14.1.